The molecule has 2 aromatic heterocycles. The van der Waals surface area contributed by atoms with Gasteiger partial charge in [-0.15, -0.1) is 24.0 Å². The predicted octanol–water partition coefficient (Wildman–Crippen LogP) is 4.01. The van der Waals surface area contributed by atoms with Crippen LogP contribution in [-0.4, -0.2) is 46.2 Å². The molecule has 1 unspecified atom stereocenters. The summed E-state index contributed by atoms with van der Waals surface area (Å²) in [7, 11) is 0. The molecule has 32 heavy (non-hydrogen) atoms. The lowest BCUT2D eigenvalue weighted by atomic mass is 10.2. The molecule has 10 heteroatoms. The second kappa shape index (κ2) is 11.5. The summed E-state index contributed by atoms with van der Waals surface area (Å²) in [6.45, 7) is 4.79. The second-order valence-corrected chi connectivity index (χ2v) is 7.74. The molecule has 3 heterocycles. The van der Waals surface area contributed by atoms with Gasteiger partial charge in [-0.05, 0) is 43.2 Å². The molecule has 4 rings (SSSR count). The lowest BCUT2D eigenvalue weighted by Gasteiger charge is -2.20. The van der Waals surface area contributed by atoms with E-state index in [0.29, 0.717) is 23.2 Å². The maximum absolute atomic E-state index is 14.5. The van der Waals surface area contributed by atoms with Crippen molar-refractivity contribution >= 4 is 47.4 Å². The maximum Gasteiger partial charge on any atom is 0.191 e. The maximum atomic E-state index is 14.5. The molecular formula is C22H26ClFIN7. The largest absolute Gasteiger partial charge is 0.357 e. The van der Waals surface area contributed by atoms with Gasteiger partial charge in [-0.1, -0.05) is 17.7 Å². The molecule has 1 aromatic carbocycles. The molecule has 0 amide bonds. The Bertz CT molecular complexity index is 1040. The van der Waals surface area contributed by atoms with Crippen molar-refractivity contribution in [1.82, 2.24) is 25.2 Å². The van der Waals surface area contributed by atoms with Gasteiger partial charge in [-0.25, -0.2) is 19.4 Å². The summed E-state index contributed by atoms with van der Waals surface area (Å²) in [5.74, 6) is 1.21. The van der Waals surface area contributed by atoms with Gasteiger partial charge in [0.2, 0.25) is 0 Å². The Morgan fingerprint density at radius 3 is 2.91 bits per heavy atom. The average Bonchev–Trinajstić information content (AvgIpc) is 3.45. The molecule has 1 aliphatic rings. The Kier molecular flexibility index (Phi) is 8.68. The van der Waals surface area contributed by atoms with Crippen LogP contribution in [0.2, 0.25) is 5.02 Å². The van der Waals surface area contributed by atoms with Crippen LogP contribution in [0.4, 0.5) is 10.2 Å². The third-order valence-electron chi connectivity index (χ3n) is 5.13. The number of anilines is 1. The number of hydrogen-bond acceptors (Lipinski definition) is 4. The van der Waals surface area contributed by atoms with Crippen LogP contribution in [-0.2, 0) is 6.54 Å². The SMILES string of the molecule is CCNC(=NCc1ccc(-n2ccnc2)c(F)c1)NC1CCN(c2ncccc2Cl)C1.I. The van der Waals surface area contributed by atoms with E-state index in [2.05, 4.69) is 30.5 Å². The van der Waals surface area contributed by atoms with Gasteiger partial charge in [0.1, 0.15) is 11.6 Å². The van der Waals surface area contributed by atoms with E-state index >= 15 is 0 Å². The molecule has 1 aliphatic heterocycles. The Labute approximate surface area is 209 Å². The van der Waals surface area contributed by atoms with Gasteiger partial charge >= 0.3 is 0 Å². The third kappa shape index (κ3) is 5.89. The van der Waals surface area contributed by atoms with Crippen molar-refractivity contribution < 1.29 is 4.39 Å². The van der Waals surface area contributed by atoms with E-state index in [4.69, 9.17) is 11.6 Å². The van der Waals surface area contributed by atoms with Crippen LogP contribution in [0, 0.1) is 5.82 Å². The van der Waals surface area contributed by atoms with Crippen molar-refractivity contribution in [2.75, 3.05) is 24.5 Å². The number of nitrogens with one attached hydrogen (secondary N) is 2. The number of rotatable bonds is 6. The fraction of sp³-hybridized carbons (Fsp3) is 0.318. The molecular weight excluding hydrogens is 544 g/mol. The van der Waals surface area contributed by atoms with Gasteiger partial charge in [-0.2, -0.15) is 0 Å². The Hall–Kier alpha value is -2.40. The van der Waals surface area contributed by atoms with Crippen molar-refractivity contribution in [3.05, 3.63) is 71.7 Å². The molecule has 170 valence electrons. The summed E-state index contributed by atoms with van der Waals surface area (Å²) in [6, 6.07) is 9.05. The normalized spacial score (nSPS) is 16.0. The first-order valence-corrected chi connectivity index (χ1v) is 10.7. The highest BCUT2D eigenvalue weighted by Gasteiger charge is 2.25. The number of hydrogen-bond donors (Lipinski definition) is 2. The lowest BCUT2D eigenvalue weighted by molar-refractivity contribution is 0.615. The standard InChI is InChI=1S/C22H25ClFN7.HI/c1-2-26-22(29-17-7-10-30(14-17)21-18(23)4-3-8-27-21)28-13-16-5-6-20(19(24)12-16)31-11-9-25-15-31;/h3-6,8-9,11-12,15,17H,2,7,10,13-14H2,1H3,(H2,26,28,29);1H. The smallest absolute Gasteiger partial charge is 0.191 e. The summed E-state index contributed by atoms with van der Waals surface area (Å²) >= 11 is 6.29. The number of aliphatic imine (C=N–C) groups is 1. The minimum atomic E-state index is -0.303. The van der Waals surface area contributed by atoms with Crippen molar-refractivity contribution in [1.29, 1.82) is 0 Å². The molecule has 0 saturated carbocycles. The Morgan fingerprint density at radius 1 is 1.31 bits per heavy atom. The zero-order valence-corrected chi connectivity index (χ0v) is 20.8. The van der Waals surface area contributed by atoms with Crippen LogP contribution in [0.5, 0.6) is 0 Å². The topological polar surface area (TPSA) is 70.4 Å². The van der Waals surface area contributed by atoms with Crippen LogP contribution < -0.4 is 15.5 Å². The number of imidazole rings is 1. The molecule has 1 atom stereocenters. The number of pyridine rings is 1. The van der Waals surface area contributed by atoms with Crippen LogP contribution in [0.15, 0.2) is 60.2 Å². The highest BCUT2D eigenvalue weighted by atomic mass is 127. The van der Waals surface area contributed by atoms with E-state index in [1.54, 1.807) is 35.6 Å². The third-order valence-corrected chi connectivity index (χ3v) is 5.42. The molecule has 0 bridgehead atoms. The van der Waals surface area contributed by atoms with Gasteiger partial charge in [-0.3, -0.25) is 0 Å². The monoisotopic (exact) mass is 569 g/mol. The van der Waals surface area contributed by atoms with Gasteiger partial charge in [0.15, 0.2) is 5.96 Å². The highest BCUT2D eigenvalue weighted by molar-refractivity contribution is 14.0. The first-order valence-electron chi connectivity index (χ1n) is 10.3. The number of benzene rings is 1. The first kappa shape index (κ1) is 24.2. The number of aromatic nitrogens is 3. The van der Waals surface area contributed by atoms with E-state index in [-0.39, 0.29) is 35.8 Å². The first-order chi connectivity index (χ1) is 15.1. The van der Waals surface area contributed by atoms with Crippen molar-refractivity contribution in [2.45, 2.75) is 25.9 Å². The van der Waals surface area contributed by atoms with Crippen LogP contribution in [0.25, 0.3) is 5.69 Å². The van der Waals surface area contributed by atoms with Crippen LogP contribution in [0.1, 0.15) is 18.9 Å². The number of guanidine groups is 1. The molecule has 0 radical (unpaired) electrons. The number of nitrogens with zero attached hydrogens (tertiary/aromatic N) is 5. The highest BCUT2D eigenvalue weighted by Crippen LogP contribution is 2.25. The lowest BCUT2D eigenvalue weighted by Crippen LogP contribution is -2.44. The minimum absolute atomic E-state index is 0. The summed E-state index contributed by atoms with van der Waals surface area (Å²) in [6.07, 6.45) is 7.62. The van der Waals surface area contributed by atoms with E-state index in [1.807, 2.05) is 25.1 Å². The zero-order valence-electron chi connectivity index (χ0n) is 17.7. The quantitative estimate of drug-likeness (QED) is 0.267. The fourth-order valence-corrected chi connectivity index (χ4v) is 3.87. The van der Waals surface area contributed by atoms with Crippen molar-refractivity contribution in [3.8, 4) is 5.69 Å². The Morgan fingerprint density at radius 2 is 2.19 bits per heavy atom. The van der Waals surface area contributed by atoms with E-state index in [1.165, 1.54) is 6.07 Å². The van der Waals surface area contributed by atoms with Crippen LogP contribution >= 0.6 is 35.6 Å². The molecule has 7 nitrogen and oxygen atoms in total. The van der Waals surface area contributed by atoms with E-state index < -0.39 is 0 Å². The summed E-state index contributed by atoms with van der Waals surface area (Å²) < 4.78 is 16.1. The summed E-state index contributed by atoms with van der Waals surface area (Å²) in [5.41, 5.74) is 1.27. The molecule has 0 spiro atoms. The summed E-state index contributed by atoms with van der Waals surface area (Å²) in [4.78, 5) is 15.2. The predicted molar refractivity (Wildman–Crippen MR) is 137 cm³/mol. The van der Waals surface area contributed by atoms with Crippen LogP contribution in [0.3, 0.4) is 0 Å². The minimum Gasteiger partial charge on any atom is -0.357 e. The second-order valence-electron chi connectivity index (χ2n) is 7.34. The molecule has 1 fully saturated rings. The van der Waals surface area contributed by atoms with Crippen molar-refractivity contribution in [2.24, 2.45) is 4.99 Å². The van der Waals surface area contributed by atoms with Gasteiger partial charge < -0.3 is 20.1 Å². The van der Waals surface area contributed by atoms with Gasteiger partial charge in [0.05, 0.1) is 23.6 Å². The van der Waals surface area contributed by atoms with E-state index in [0.717, 1.165) is 37.4 Å². The molecule has 2 N–H and O–H groups in total. The molecule has 0 aliphatic carbocycles. The average molecular weight is 570 g/mol. The molecule has 1 saturated heterocycles. The van der Waals surface area contributed by atoms with Crippen molar-refractivity contribution in [3.63, 3.8) is 0 Å². The Balaban J connectivity index is 0.00000289. The van der Waals surface area contributed by atoms with E-state index in [9.17, 15) is 4.39 Å². The summed E-state index contributed by atoms with van der Waals surface area (Å²) in [5, 5.41) is 7.40. The number of halogens is 3. The van der Waals surface area contributed by atoms with Gasteiger partial charge in [0, 0.05) is 44.3 Å². The molecule has 3 aromatic rings. The zero-order chi connectivity index (χ0) is 21.6. The fourth-order valence-electron chi connectivity index (χ4n) is 3.62. The van der Waals surface area contributed by atoms with Gasteiger partial charge in [0.25, 0.3) is 0 Å².